The van der Waals surface area contributed by atoms with Crippen LogP contribution >= 0.6 is 11.3 Å². The second-order valence-corrected chi connectivity index (χ2v) is 7.08. The summed E-state index contributed by atoms with van der Waals surface area (Å²) in [7, 11) is 0. The SMILES string of the molecule is CC1(C(=O)O)CCN(C(=O)NCc2nc(C3CC3)cs2)C1. The lowest BCUT2D eigenvalue weighted by atomic mass is 9.90. The quantitative estimate of drug-likeness (QED) is 0.891. The Hall–Kier alpha value is -1.63. The van der Waals surface area contributed by atoms with Crippen molar-refractivity contribution in [1.29, 1.82) is 0 Å². The third-order valence-electron chi connectivity index (χ3n) is 4.23. The van der Waals surface area contributed by atoms with Crippen molar-refractivity contribution in [3.8, 4) is 0 Å². The molecule has 2 heterocycles. The minimum absolute atomic E-state index is 0.205. The van der Waals surface area contributed by atoms with Gasteiger partial charge in [0.05, 0.1) is 17.7 Å². The van der Waals surface area contributed by atoms with Gasteiger partial charge in [-0.3, -0.25) is 4.79 Å². The van der Waals surface area contributed by atoms with Crippen LogP contribution in [0.3, 0.4) is 0 Å². The number of rotatable bonds is 4. The summed E-state index contributed by atoms with van der Waals surface area (Å²) < 4.78 is 0. The summed E-state index contributed by atoms with van der Waals surface area (Å²) in [4.78, 5) is 29.3. The molecule has 2 fully saturated rings. The van der Waals surface area contributed by atoms with Crippen LogP contribution in [0, 0.1) is 5.41 Å². The van der Waals surface area contributed by atoms with E-state index in [0.717, 1.165) is 10.7 Å². The summed E-state index contributed by atoms with van der Waals surface area (Å²) in [5.41, 5.74) is 0.321. The highest BCUT2D eigenvalue weighted by atomic mass is 32.1. The number of carboxylic acids is 1. The van der Waals surface area contributed by atoms with Crippen LogP contribution in [0.5, 0.6) is 0 Å². The molecule has 0 spiro atoms. The van der Waals surface area contributed by atoms with Crippen LogP contribution in [0.1, 0.15) is 42.8 Å². The fraction of sp³-hybridized carbons (Fsp3) is 0.643. The Balaban J connectivity index is 1.51. The standard InChI is InChI=1S/C14H19N3O3S/c1-14(12(18)19)4-5-17(8-14)13(20)15-6-11-16-10(7-21-11)9-2-3-9/h7,9H,2-6,8H2,1H3,(H,15,20)(H,18,19). The topological polar surface area (TPSA) is 82.5 Å². The zero-order valence-electron chi connectivity index (χ0n) is 12.0. The lowest BCUT2D eigenvalue weighted by molar-refractivity contribution is -0.146. The van der Waals surface area contributed by atoms with Crippen LogP contribution < -0.4 is 5.32 Å². The average molecular weight is 309 g/mol. The number of thiazole rings is 1. The van der Waals surface area contributed by atoms with E-state index in [9.17, 15) is 14.7 Å². The third kappa shape index (κ3) is 3.02. The van der Waals surface area contributed by atoms with E-state index < -0.39 is 11.4 Å². The Labute approximate surface area is 127 Å². The number of carbonyl (C=O) groups is 2. The molecule has 3 rings (SSSR count). The van der Waals surface area contributed by atoms with E-state index in [1.54, 1.807) is 23.2 Å². The fourth-order valence-corrected chi connectivity index (χ4v) is 3.36. The molecule has 1 aromatic heterocycles. The maximum atomic E-state index is 12.1. The van der Waals surface area contributed by atoms with Gasteiger partial charge in [0.15, 0.2) is 0 Å². The molecule has 6 nitrogen and oxygen atoms in total. The van der Waals surface area contributed by atoms with Crippen LogP contribution in [0.25, 0.3) is 0 Å². The Kier molecular flexibility index (Phi) is 3.61. The fourth-order valence-electron chi connectivity index (χ4n) is 2.54. The molecule has 1 aromatic rings. The van der Waals surface area contributed by atoms with Crippen LogP contribution in [0.4, 0.5) is 4.79 Å². The summed E-state index contributed by atoms with van der Waals surface area (Å²) in [6.45, 7) is 2.85. The molecule has 2 N–H and O–H groups in total. The molecule has 1 aliphatic carbocycles. The maximum Gasteiger partial charge on any atom is 0.317 e. The van der Waals surface area contributed by atoms with Gasteiger partial charge in [-0.25, -0.2) is 9.78 Å². The Morgan fingerprint density at radius 2 is 2.33 bits per heavy atom. The molecule has 2 aliphatic rings. The summed E-state index contributed by atoms with van der Waals surface area (Å²) >= 11 is 1.57. The van der Waals surface area contributed by atoms with Crippen molar-refractivity contribution in [2.75, 3.05) is 13.1 Å². The molecule has 21 heavy (non-hydrogen) atoms. The third-order valence-corrected chi connectivity index (χ3v) is 5.10. The molecule has 1 unspecified atom stereocenters. The first-order valence-electron chi connectivity index (χ1n) is 7.18. The van der Waals surface area contributed by atoms with E-state index in [1.165, 1.54) is 12.8 Å². The molecule has 0 bridgehead atoms. The predicted molar refractivity (Wildman–Crippen MR) is 78.3 cm³/mol. The molecule has 0 aromatic carbocycles. The molecular weight excluding hydrogens is 290 g/mol. The Bertz CT molecular complexity index is 570. The van der Waals surface area contributed by atoms with Crippen molar-refractivity contribution in [1.82, 2.24) is 15.2 Å². The van der Waals surface area contributed by atoms with Crippen LogP contribution in [-0.2, 0) is 11.3 Å². The smallest absolute Gasteiger partial charge is 0.317 e. The van der Waals surface area contributed by atoms with Gasteiger partial charge >= 0.3 is 12.0 Å². The lowest BCUT2D eigenvalue weighted by Crippen LogP contribution is -2.40. The zero-order chi connectivity index (χ0) is 15.0. The minimum Gasteiger partial charge on any atom is -0.481 e. The van der Waals surface area contributed by atoms with Crippen LogP contribution in [0.2, 0.25) is 0 Å². The van der Waals surface area contributed by atoms with Gasteiger partial charge in [-0.2, -0.15) is 0 Å². The van der Waals surface area contributed by atoms with Crippen molar-refractivity contribution < 1.29 is 14.7 Å². The van der Waals surface area contributed by atoms with Crippen molar-refractivity contribution in [2.24, 2.45) is 5.41 Å². The van der Waals surface area contributed by atoms with E-state index in [4.69, 9.17) is 0 Å². The summed E-state index contributed by atoms with van der Waals surface area (Å²) in [6.07, 6.45) is 2.94. The number of likely N-dealkylation sites (tertiary alicyclic amines) is 1. The summed E-state index contributed by atoms with van der Waals surface area (Å²) in [6, 6.07) is -0.205. The average Bonchev–Trinajstić information content (AvgIpc) is 3.05. The molecular formula is C14H19N3O3S. The number of hydrogen-bond acceptors (Lipinski definition) is 4. The van der Waals surface area contributed by atoms with E-state index in [1.807, 2.05) is 0 Å². The number of aromatic nitrogens is 1. The van der Waals surface area contributed by atoms with Crippen LogP contribution in [0.15, 0.2) is 5.38 Å². The second kappa shape index (κ2) is 5.29. The highest BCUT2D eigenvalue weighted by Gasteiger charge is 2.42. The number of hydrogen-bond donors (Lipinski definition) is 2. The van der Waals surface area contributed by atoms with Crippen molar-refractivity contribution in [3.05, 3.63) is 16.1 Å². The number of carbonyl (C=O) groups excluding carboxylic acids is 1. The van der Waals surface area contributed by atoms with Gasteiger partial charge in [-0.15, -0.1) is 11.3 Å². The number of amides is 2. The number of nitrogens with zero attached hydrogens (tertiary/aromatic N) is 2. The Morgan fingerprint density at radius 1 is 1.57 bits per heavy atom. The second-order valence-electron chi connectivity index (χ2n) is 6.14. The largest absolute Gasteiger partial charge is 0.481 e. The Morgan fingerprint density at radius 3 is 2.95 bits per heavy atom. The maximum absolute atomic E-state index is 12.1. The summed E-state index contributed by atoms with van der Waals surface area (Å²) in [5, 5.41) is 15.0. The first kappa shape index (κ1) is 14.3. The number of aliphatic carboxylic acids is 1. The summed E-state index contributed by atoms with van der Waals surface area (Å²) in [5.74, 6) is -0.215. The number of carboxylic acid groups (broad SMARTS) is 1. The molecule has 1 atom stereocenters. The van der Waals surface area contributed by atoms with Crippen molar-refractivity contribution in [3.63, 3.8) is 0 Å². The lowest BCUT2D eigenvalue weighted by Gasteiger charge is -2.20. The first-order valence-corrected chi connectivity index (χ1v) is 8.06. The van der Waals surface area contributed by atoms with Crippen molar-refractivity contribution >= 4 is 23.3 Å². The van der Waals surface area contributed by atoms with Gasteiger partial charge in [0, 0.05) is 24.4 Å². The van der Waals surface area contributed by atoms with E-state index in [-0.39, 0.29) is 12.6 Å². The first-order chi connectivity index (χ1) is 9.98. The zero-order valence-corrected chi connectivity index (χ0v) is 12.8. The van der Waals surface area contributed by atoms with Crippen LogP contribution in [-0.4, -0.2) is 40.1 Å². The molecule has 114 valence electrons. The number of urea groups is 1. The highest BCUT2D eigenvalue weighted by Crippen LogP contribution is 2.40. The number of nitrogens with one attached hydrogen (secondary N) is 1. The molecule has 1 saturated heterocycles. The van der Waals surface area contributed by atoms with E-state index in [0.29, 0.717) is 25.4 Å². The van der Waals surface area contributed by atoms with Gasteiger partial charge in [-0.05, 0) is 26.2 Å². The minimum atomic E-state index is -0.841. The normalized spacial score (nSPS) is 25.1. The monoisotopic (exact) mass is 309 g/mol. The van der Waals surface area contributed by atoms with Gasteiger partial charge < -0.3 is 15.3 Å². The highest BCUT2D eigenvalue weighted by molar-refractivity contribution is 7.09. The molecule has 1 saturated carbocycles. The molecule has 0 radical (unpaired) electrons. The molecule has 1 aliphatic heterocycles. The van der Waals surface area contributed by atoms with Gasteiger partial charge in [0.1, 0.15) is 5.01 Å². The van der Waals surface area contributed by atoms with E-state index in [2.05, 4.69) is 15.7 Å². The molecule has 2 amide bonds. The van der Waals surface area contributed by atoms with E-state index >= 15 is 0 Å². The van der Waals surface area contributed by atoms with Crippen molar-refractivity contribution in [2.45, 2.75) is 38.6 Å². The van der Waals surface area contributed by atoms with Gasteiger partial charge in [0.25, 0.3) is 0 Å². The van der Waals surface area contributed by atoms with Gasteiger partial charge in [0.2, 0.25) is 0 Å². The predicted octanol–water partition coefficient (Wildman–Crippen LogP) is 2.03. The van der Waals surface area contributed by atoms with Gasteiger partial charge in [-0.1, -0.05) is 0 Å². The molecule has 7 heteroatoms.